The van der Waals surface area contributed by atoms with Gasteiger partial charge in [-0.25, -0.2) is 5.01 Å². The molecule has 0 aromatic rings. The van der Waals surface area contributed by atoms with Gasteiger partial charge in [0.1, 0.15) is 0 Å². The van der Waals surface area contributed by atoms with E-state index in [1.54, 1.807) is 0 Å². The van der Waals surface area contributed by atoms with Crippen molar-refractivity contribution in [2.75, 3.05) is 13.1 Å². The molecule has 0 atom stereocenters. The summed E-state index contributed by atoms with van der Waals surface area (Å²) in [6.07, 6.45) is 11.5. The second-order valence-corrected chi connectivity index (χ2v) is 4.45. The van der Waals surface area contributed by atoms with Crippen molar-refractivity contribution >= 4 is 0 Å². The van der Waals surface area contributed by atoms with Gasteiger partial charge in [0.25, 0.3) is 0 Å². The van der Waals surface area contributed by atoms with Crippen molar-refractivity contribution in [3.63, 3.8) is 0 Å². The summed E-state index contributed by atoms with van der Waals surface area (Å²) < 4.78 is 0. The Bertz CT molecular complexity index is 133. The highest BCUT2D eigenvalue weighted by molar-refractivity contribution is 4.74. The zero-order valence-corrected chi connectivity index (χ0v) is 8.60. The van der Waals surface area contributed by atoms with Gasteiger partial charge in [-0.1, -0.05) is 32.1 Å². The summed E-state index contributed by atoms with van der Waals surface area (Å²) in [5.74, 6) is 0. The Balaban J connectivity index is 1.80. The molecule has 0 aromatic carbocycles. The van der Waals surface area contributed by atoms with Crippen molar-refractivity contribution < 1.29 is 0 Å². The molecular weight excluding hydrogens is 160 g/mol. The van der Waals surface area contributed by atoms with Crippen LogP contribution in [-0.4, -0.2) is 24.1 Å². The van der Waals surface area contributed by atoms with Crippen LogP contribution in [-0.2, 0) is 0 Å². The highest BCUT2D eigenvalue weighted by Gasteiger charge is 2.21. The summed E-state index contributed by atoms with van der Waals surface area (Å²) in [6.45, 7) is 2.49. The van der Waals surface area contributed by atoms with Gasteiger partial charge in [0.2, 0.25) is 0 Å². The molecule has 2 rings (SSSR count). The molecule has 2 heteroatoms. The van der Waals surface area contributed by atoms with E-state index in [4.69, 9.17) is 0 Å². The summed E-state index contributed by atoms with van der Waals surface area (Å²) >= 11 is 0. The first-order valence-electron chi connectivity index (χ1n) is 5.97. The molecule has 1 saturated heterocycles. The normalized spacial score (nSPS) is 28.6. The minimum atomic E-state index is 0.850. The first kappa shape index (κ1) is 9.47. The van der Waals surface area contributed by atoms with Crippen LogP contribution in [0.4, 0.5) is 0 Å². The highest BCUT2D eigenvalue weighted by atomic mass is 15.5. The Hall–Kier alpha value is -0.0800. The fourth-order valence-electron chi connectivity index (χ4n) is 2.61. The van der Waals surface area contributed by atoms with E-state index >= 15 is 0 Å². The van der Waals surface area contributed by atoms with Crippen LogP contribution in [0.25, 0.3) is 0 Å². The van der Waals surface area contributed by atoms with Gasteiger partial charge in [-0.15, -0.1) is 0 Å². The summed E-state index contributed by atoms with van der Waals surface area (Å²) in [7, 11) is 0. The third-order valence-electron chi connectivity index (χ3n) is 3.41. The van der Waals surface area contributed by atoms with Crippen LogP contribution in [0.2, 0.25) is 0 Å². The smallest absolute Gasteiger partial charge is 0.0243 e. The van der Waals surface area contributed by atoms with Gasteiger partial charge >= 0.3 is 0 Å². The molecular formula is C11H22N2. The standard InChI is InChI=1S/C11H22N2/c1-2-4-7-11(8-5-3-1)13-10-6-9-12-13/h11-12H,1-10H2. The summed E-state index contributed by atoms with van der Waals surface area (Å²) in [4.78, 5) is 0. The first-order chi connectivity index (χ1) is 6.47. The van der Waals surface area contributed by atoms with Crippen LogP contribution >= 0.6 is 0 Å². The van der Waals surface area contributed by atoms with Gasteiger partial charge in [0.15, 0.2) is 0 Å². The van der Waals surface area contributed by atoms with E-state index in [1.807, 2.05) is 0 Å². The van der Waals surface area contributed by atoms with E-state index in [1.165, 1.54) is 64.5 Å². The van der Waals surface area contributed by atoms with Crippen LogP contribution in [0.3, 0.4) is 0 Å². The second kappa shape index (κ2) is 4.97. The van der Waals surface area contributed by atoms with E-state index in [9.17, 15) is 0 Å². The average Bonchev–Trinajstić information content (AvgIpc) is 2.55. The van der Waals surface area contributed by atoms with Gasteiger partial charge < -0.3 is 0 Å². The van der Waals surface area contributed by atoms with Gasteiger partial charge in [-0.3, -0.25) is 5.43 Å². The zero-order chi connectivity index (χ0) is 8.93. The van der Waals surface area contributed by atoms with E-state index < -0.39 is 0 Å². The van der Waals surface area contributed by atoms with Crippen molar-refractivity contribution in [3.8, 4) is 0 Å². The third kappa shape index (κ3) is 2.68. The SMILES string of the molecule is C1CCCC(N2CCCN2)CCC1. The molecule has 2 aliphatic rings. The van der Waals surface area contributed by atoms with Crippen LogP contribution in [0, 0.1) is 0 Å². The van der Waals surface area contributed by atoms with E-state index in [-0.39, 0.29) is 0 Å². The molecule has 1 saturated carbocycles. The molecule has 2 nitrogen and oxygen atoms in total. The fraction of sp³-hybridized carbons (Fsp3) is 1.00. The highest BCUT2D eigenvalue weighted by Crippen LogP contribution is 2.21. The maximum atomic E-state index is 3.51. The Kier molecular flexibility index (Phi) is 3.62. The van der Waals surface area contributed by atoms with E-state index in [0.717, 1.165) is 6.04 Å². The Morgan fingerprint density at radius 1 is 0.846 bits per heavy atom. The lowest BCUT2D eigenvalue weighted by Crippen LogP contribution is -2.40. The summed E-state index contributed by atoms with van der Waals surface area (Å²) in [5.41, 5.74) is 3.51. The number of rotatable bonds is 1. The number of hydrogen-bond acceptors (Lipinski definition) is 2. The predicted molar refractivity (Wildman–Crippen MR) is 55.4 cm³/mol. The number of hydrogen-bond donors (Lipinski definition) is 1. The van der Waals surface area contributed by atoms with Crippen molar-refractivity contribution in [3.05, 3.63) is 0 Å². The lowest BCUT2D eigenvalue weighted by Gasteiger charge is -2.28. The quantitative estimate of drug-likeness (QED) is 0.669. The van der Waals surface area contributed by atoms with Crippen molar-refractivity contribution in [2.24, 2.45) is 0 Å². The number of hydrazine groups is 1. The van der Waals surface area contributed by atoms with Crippen LogP contribution in [0.15, 0.2) is 0 Å². The van der Waals surface area contributed by atoms with E-state index in [2.05, 4.69) is 10.4 Å². The molecule has 0 spiro atoms. The Morgan fingerprint density at radius 2 is 1.54 bits per heavy atom. The van der Waals surface area contributed by atoms with Gasteiger partial charge in [0.05, 0.1) is 0 Å². The molecule has 0 radical (unpaired) electrons. The molecule has 0 amide bonds. The molecule has 1 aliphatic carbocycles. The fourth-order valence-corrected chi connectivity index (χ4v) is 2.61. The van der Waals surface area contributed by atoms with Crippen LogP contribution < -0.4 is 5.43 Å². The maximum absolute atomic E-state index is 3.51. The lowest BCUT2D eigenvalue weighted by atomic mass is 9.96. The molecule has 1 N–H and O–H groups in total. The predicted octanol–water partition coefficient (Wildman–Crippen LogP) is 2.31. The summed E-state index contributed by atoms with van der Waals surface area (Å²) in [6, 6.07) is 0.850. The van der Waals surface area contributed by atoms with Crippen molar-refractivity contribution in [1.82, 2.24) is 10.4 Å². The second-order valence-electron chi connectivity index (χ2n) is 4.45. The molecule has 76 valence electrons. The largest absolute Gasteiger partial charge is 0.255 e. The average molecular weight is 182 g/mol. The summed E-state index contributed by atoms with van der Waals surface area (Å²) in [5, 5.41) is 2.51. The Morgan fingerprint density at radius 3 is 2.15 bits per heavy atom. The first-order valence-corrected chi connectivity index (χ1v) is 5.97. The minimum absolute atomic E-state index is 0.850. The molecule has 1 heterocycles. The van der Waals surface area contributed by atoms with Gasteiger partial charge in [-0.05, 0) is 19.3 Å². The molecule has 0 unspecified atom stereocenters. The van der Waals surface area contributed by atoms with Crippen LogP contribution in [0.5, 0.6) is 0 Å². The topological polar surface area (TPSA) is 15.3 Å². The van der Waals surface area contributed by atoms with Crippen molar-refractivity contribution in [1.29, 1.82) is 0 Å². The molecule has 13 heavy (non-hydrogen) atoms. The molecule has 0 aromatic heterocycles. The maximum Gasteiger partial charge on any atom is 0.0243 e. The van der Waals surface area contributed by atoms with Crippen LogP contribution in [0.1, 0.15) is 51.4 Å². The minimum Gasteiger partial charge on any atom is -0.255 e. The molecule has 1 aliphatic heterocycles. The third-order valence-corrected chi connectivity index (χ3v) is 3.41. The monoisotopic (exact) mass is 182 g/mol. The van der Waals surface area contributed by atoms with Crippen molar-refractivity contribution in [2.45, 2.75) is 57.4 Å². The van der Waals surface area contributed by atoms with Gasteiger partial charge in [-0.2, -0.15) is 0 Å². The molecule has 2 fully saturated rings. The molecule has 0 bridgehead atoms. The number of nitrogens with one attached hydrogen (secondary N) is 1. The van der Waals surface area contributed by atoms with E-state index in [0.29, 0.717) is 0 Å². The lowest BCUT2D eigenvalue weighted by molar-refractivity contribution is 0.146. The van der Waals surface area contributed by atoms with Gasteiger partial charge in [0, 0.05) is 19.1 Å². The number of nitrogens with zero attached hydrogens (tertiary/aromatic N) is 1. The Labute approximate surface area is 81.7 Å². The zero-order valence-electron chi connectivity index (χ0n) is 8.60.